The van der Waals surface area contributed by atoms with Crippen molar-refractivity contribution in [3.8, 4) is 21.1 Å². The summed E-state index contributed by atoms with van der Waals surface area (Å²) in [6, 6.07) is 15.6. The first-order valence-corrected chi connectivity index (χ1v) is 7.57. The molecule has 0 bridgehead atoms. The van der Waals surface area contributed by atoms with Crippen LogP contribution in [0.25, 0.3) is 21.1 Å². The molecular weight excluding hydrogens is 344 g/mol. The van der Waals surface area contributed by atoms with Crippen LogP contribution in [0, 0.1) is 0 Å². The molecule has 0 saturated carbocycles. The number of nitrogens with zero attached hydrogens (tertiary/aromatic N) is 2. The second-order valence-corrected chi connectivity index (χ2v) is 6.17. The molecule has 3 aromatic rings. The molecule has 0 aliphatic carbocycles. The zero-order valence-corrected chi connectivity index (χ0v) is 12.8. The van der Waals surface area contributed by atoms with Gasteiger partial charge in [-0.05, 0) is 18.2 Å². The van der Waals surface area contributed by atoms with Gasteiger partial charge in [0.05, 0.1) is 0 Å². The van der Waals surface area contributed by atoms with Crippen LogP contribution < -0.4 is 0 Å². The van der Waals surface area contributed by atoms with Crippen LogP contribution in [-0.4, -0.2) is 10.2 Å². The molecule has 0 spiro atoms. The van der Waals surface area contributed by atoms with Gasteiger partial charge in [0.1, 0.15) is 10.0 Å². The summed E-state index contributed by atoms with van der Waals surface area (Å²) in [5, 5.41) is 11.0. The molecule has 0 fully saturated rings. The molecule has 0 radical (unpaired) electrons. The molecule has 0 amide bonds. The zero-order chi connectivity index (χ0) is 13.2. The van der Waals surface area contributed by atoms with Crippen LogP contribution >= 0.6 is 38.9 Å². The van der Waals surface area contributed by atoms with Crippen molar-refractivity contribution in [2.24, 2.45) is 0 Å². The van der Waals surface area contributed by atoms with Crippen LogP contribution in [-0.2, 0) is 0 Å². The summed E-state index contributed by atoms with van der Waals surface area (Å²) < 4.78 is 1.02. The molecule has 2 aromatic carbocycles. The van der Waals surface area contributed by atoms with Gasteiger partial charge in [0, 0.05) is 20.6 Å². The Morgan fingerprint density at radius 2 is 1.58 bits per heavy atom. The van der Waals surface area contributed by atoms with Crippen LogP contribution in [0.5, 0.6) is 0 Å². The van der Waals surface area contributed by atoms with Crippen molar-refractivity contribution in [2.75, 3.05) is 0 Å². The Bertz CT molecular complexity index is 709. The fourth-order valence-electron chi connectivity index (χ4n) is 1.68. The first-order valence-electron chi connectivity index (χ1n) is 5.58. The Morgan fingerprint density at radius 3 is 2.32 bits per heavy atom. The van der Waals surface area contributed by atoms with Crippen molar-refractivity contribution in [3.05, 3.63) is 58.0 Å². The van der Waals surface area contributed by atoms with Crippen LogP contribution in [0.1, 0.15) is 0 Å². The van der Waals surface area contributed by atoms with Crippen molar-refractivity contribution in [2.45, 2.75) is 0 Å². The largest absolute Gasteiger partial charge is 0.149 e. The van der Waals surface area contributed by atoms with E-state index < -0.39 is 0 Å². The fourth-order valence-corrected chi connectivity index (χ4v) is 3.29. The highest BCUT2D eigenvalue weighted by atomic mass is 79.9. The lowest BCUT2D eigenvalue weighted by Gasteiger charge is -1.97. The minimum Gasteiger partial charge on any atom is -0.138 e. The van der Waals surface area contributed by atoms with Crippen LogP contribution in [0.3, 0.4) is 0 Å². The molecule has 19 heavy (non-hydrogen) atoms. The maximum atomic E-state index is 5.88. The number of halogens is 2. The summed E-state index contributed by atoms with van der Waals surface area (Å²) in [5.74, 6) is 0. The van der Waals surface area contributed by atoms with Crippen molar-refractivity contribution in [1.29, 1.82) is 0 Å². The van der Waals surface area contributed by atoms with Gasteiger partial charge in [-0.15, -0.1) is 10.2 Å². The average Bonchev–Trinajstić information content (AvgIpc) is 2.89. The van der Waals surface area contributed by atoms with Crippen LogP contribution in [0.2, 0.25) is 5.02 Å². The van der Waals surface area contributed by atoms with E-state index in [0.29, 0.717) is 0 Å². The Labute approximate surface area is 128 Å². The number of aromatic nitrogens is 2. The standard InChI is InChI=1S/C14H8BrClN2S/c15-12-4-2-1-3-11(12)14-18-17-13(19-14)9-5-7-10(16)8-6-9/h1-8H. The van der Waals surface area contributed by atoms with Gasteiger partial charge >= 0.3 is 0 Å². The van der Waals surface area contributed by atoms with Gasteiger partial charge in [-0.2, -0.15) is 0 Å². The first-order chi connectivity index (χ1) is 9.24. The van der Waals surface area contributed by atoms with Crippen molar-refractivity contribution < 1.29 is 0 Å². The van der Waals surface area contributed by atoms with Crippen molar-refractivity contribution in [1.82, 2.24) is 10.2 Å². The highest BCUT2D eigenvalue weighted by Gasteiger charge is 2.10. The third-order valence-electron chi connectivity index (χ3n) is 2.62. The highest BCUT2D eigenvalue weighted by molar-refractivity contribution is 9.10. The Kier molecular flexibility index (Phi) is 3.64. The van der Waals surface area contributed by atoms with Gasteiger partial charge in [-0.1, -0.05) is 69.2 Å². The van der Waals surface area contributed by atoms with E-state index in [1.807, 2.05) is 48.5 Å². The maximum Gasteiger partial charge on any atom is 0.149 e. The summed E-state index contributed by atoms with van der Waals surface area (Å²) in [6.07, 6.45) is 0. The maximum absolute atomic E-state index is 5.88. The van der Waals surface area contributed by atoms with Crippen molar-refractivity contribution >= 4 is 38.9 Å². The second kappa shape index (κ2) is 5.41. The number of hydrogen-bond donors (Lipinski definition) is 0. The third-order valence-corrected chi connectivity index (χ3v) is 4.57. The monoisotopic (exact) mass is 350 g/mol. The van der Waals surface area contributed by atoms with Gasteiger partial charge in [-0.3, -0.25) is 0 Å². The van der Waals surface area contributed by atoms with E-state index in [-0.39, 0.29) is 0 Å². The molecule has 0 unspecified atom stereocenters. The molecule has 5 heteroatoms. The summed E-state index contributed by atoms with van der Waals surface area (Å²) in [6.45, 7) is 0. The lowest BCUT2D eigenvalue weighted by atomic mass is 10.2. The van der Waals surface area contributed by atoms with Crippen LogP contribution in [0.4, 0.5) is 0 Å². The highest BCUT2D eigenvalue weighted by Crippen LogP contribution is 2.33. The van der Waals surface area contributed by atoms with E-state index in [2.05, 4.69) is 26.1 Å². The smallest absolute Gasteiger partial charge is 0.138 e. The first kappa shape index (κ1) is 12.8. The molecule has 0 aliphatic heterocycles. The number of benzene rings is 2. The Morgan fingerprint density at radius 1 is 0.895 bits per heavy atom. The lowest BCUT2D eigenvalue weighted by molar-refractivity contribution is 1.10. The van der Waals surface area contributed by atoms with E-state index in [0.717, 1.165) is 30.6 Å². The molecule has 3 rings (SSSR count). The predicted octanol–water partition coefficient (Wildman–Crippen LogP) is 5.29. The molecule has 2 nitrogen and oxygen atoms in total. The fraction of sp³-hybridized carbons (Fsp3) is 0. The third kappa shape index (κ3) is 2.71. The SMILES string of the molecule is Clc1ccc(-c2nnc(-c3ccccc3Br)s2)cc1. The average molecular weight is 352 g/mol. The minimum absolute atomic E-state index is 0.722. The van der Waals surface area contributed by atoms with E-state index in [9.17, 15) is 0 Å². The van der Waals surface area contributed by atoms with Crippen molar-refractivity contribution in [3.63, 3.8) is 0 Å². The molecule has 94 valence electrons. The number of rotatable bonds is 2. The molecule has 0 N–H and O–H groups in total. The molecule has 1 aromatic heterocycles. The van der Waals surface area contributed by atoms with Crippen LogP contribution in [0.15, 0.2) is 53.0 Å². The molecule has 0 aliphatic rings. The normalized spacial score (nSPS) is 10.6. The summed E-state index contributed by atoms with van der Waals surface area (Å²) >= 11 is 11.0. The van der Waals surface area contributed by atoms with Gasteiger partial charge in [0.2, 0.25) is 0 Å². The lowest BCUT2D eigenvalue weighted by Crippen LogP contribution is -1.78. The Hall–Kier alpha value is -1.23. The van der Waals surface area contributed by atoms with E-state index >= 15 is 0 Å². The predicted molar refractivity (Wildman–Crippen MR) is 83.5 cm³/mol. The van der Waals surface area contributed by atoms with Gasteiger partial charge < -0.3 is 0 Å². The molecule has 1 heterocycles. The topological polar surface area (TPSA) is 25.8 Å². The Balaban J connectivity index is 2.00. The van der Waals surface area contributed by atoms with Gasteiger partial charge in [0.15, 0.2) is 0 Å². The summed E-state index contributed by atoms with van der Waals surface area (Å²) in [7, 11) is 0. The molecular formula is C14H8BrClN2S. The quantitative estimate of drug-likeness (QED) is 0.627. The summed E-state index contributed by atoms with van der Waals surface area (Å²) in [5.41, 5.74) is 2.08. The second-order valence-electron chi connectivity index (χ2n) is 3.90. The summed E-state index contributed by atoms with van der Waals surface area (Å²) in [4.78, 5) is 0. The van der Waals surface area contributed by atoms with E-state index in [1.165, 1.54) is 0 Å². The minimum atomic E-state index is 0.722. The number of hydrogen-bond acceptors (Lipinski definition) is 3. The van der Waals surface area contributed by atoms with E-state index in [4.69, 9.17) is 11.6 Å². The van der Waals surface area contributed by atoms with Gasteiger partial charge in [0.25, 0.3) is 0 Å². The van der Waals surface area contributed by atoms with E-state index in [1.54, 1.807) is 11.3 Å². The van der Waals surface area contributed by atoms with Gasteiger partial charge in [-0.25, -0.2) is 0 Å². The zero-order valence-electron chi connectivity index (χ0n) is 9.68. The molecule has 0 saturated heterocycles. The molecule has 0 atom stereocenters.